The van der Waals surface area contributed by atoms with Crippen LogP contribution in [0.5, 0.6) is 0 Å². The molecule has 3 nitrogen and oxygen atoms in total. The van der Waals surface area contributed by atoms with Gasteiger partial charge in [0.15, 0.2) is 0 Å². The van der Waals surface area contributed by atoms with Gasteiger partial charge in [0.1, 0.15) is 0 Å². The van der Waals surface area contributed by atoms with Crippen LogP contribution in [0.3, 0.4) is 0 Å². The fourth-order valence-electron chi connectivity index (χ4n) is 1.16. The molecule has 0 N–H and O–H groups in total. The summed E-state index contributed by atoms with van der Waals surface area (Å²) in [5, 5.41) is 10.1. The van der Waals surface area contributed by atoms with Crippen LogP contribution in [0, 0.1) is 0 Å². The Bertz CT molecular complexity index is 134. The molecule has 0 aliphatic carbocycles. The molecule has 0 saturated carbocycles. The van der Waals surface area contributed by atoms with Crippen molar-refractivity contribution >= 4 is 5.97 Å². The number of hydrogen-bond donors (Lipinski definition) is 0. The molecule has 3 heteroatoms. The zero-order valence-electron chi connectivity index (χ0n) is 9.09. The van der Waals surface area contributed by atoms with Crippen molar-refractivity contribution < 1.29 is 14.6 Å². The van der Waals surface area contributed by atoms with E-state index in [1.165, 1.54) is 12.8 Å². The molecule has 83 valence electrons. The number of esters is 1. The van der Waals surface area contributed by atoms with Gasteiger partial charge >= 0.3 is 5.97 Å². The van der Waals surface area contributed by atoms with E-state index in [4.69, 9.17) is 4.74 Å². The molecule has 0 atom stereocenters. The molecule has 0 unspecified atom stereocenters. The Morgan fingerprint density at radius 2 is 1.86 bits per heavy atom. The van der Waals surface area contributed by atoms with Gasteiger partial charge in [-0.05, 0) is 19.3 Å². The summed E-state index contributed by atoms with van der Waals surface area (Å²) in [7, 11) is 0. The van der Waals surface area contributed by atoms with Gasteiger partial charge in [0.2, 0.25) is 0 Å². The van der Waals surface area contributed by atoms with Gasteiger partial charge in [-0.15, -0.1) is 0 Å². The lowest BCUT2D eigenvalue weighted by Gasteiger charge is -2.03. The second-order valence-electron chi connectivity index (χ2n) is 3.44. The minimum Gasteiger partial charge on any atom is -0.466 e. The van der Waals surface area contributed by atoms with Crippen molar-refractivity contribution in [2.24, 2.45) is 0 Å². The quantitative estimate of drug-likeness (QED) is 0.425. The third kappa shape index (κ3) is 9.52. The highest BCUT2D eigenvalue weighted by molar-refractivity contribution is 5.69. The van der Waals surface area contributed by atoms with Gasteiger partial charge in [-0.3, -0.25) is 4.79 Å². The summed E-state index contributed by atoms with van der Waals surface area (Å²) in [5.74, 6) is -0.157. The van der Waals surface area contributed by atoms with Crippen LogP contribution in [0.15, 0.2) is 0 Å². The van der Waals surface area contributed by atoms with Crippen LogP contribution in [0.1, 0.15) is 51.9 Å². The number of ether oxygens (including phenoxy) is 1. The SMILES string of the molecule is CCCCCCOC(=O)CCCC[O]. The van der Waals surface area contributed by atoms with Gasteiger partial charge in [-0.1, -0.05) is 26.2 Å². The van der Waals surface area contributed by atoms with Crippen LogP contribution in [0.2, 0.25) is 0 Å². The first-order valence-electron chi connectivity index (χ1n) is 5.55. The number of carbonyl (C=O) groups excluding carboxylic acids is 1. The summed E-state index contributed by atoms with van der Waals surface area (Å²) in [4.78, 5) is 11.0. The molecule has 0 heterocycles. The third-order valence-electron chi connectivity index (χ3n) is 2.04. The average molecular weight is 201 g/mol. The Kier molecular flexibility index (Phi) is 10.1. The van der Waals surface area contributed by atoms with Crippen LogP contribution >= 0.6 is 0 Å². The van der Waals surface area contributed by atoms with E-state index in [1.54, 1.807) is 0 Å². The van der Waals surface area contributed by atoms with E-state index in [-0.39, 0.29) is 12.6 Å². The lowest BCUT2D eigenvalue weighted by atomic mass is 10.2. The van der Waals surface area contributed by atoms with Crippen molar-refractivity contribution in [2.75, 3.05) is 13.2 Å². The van der Waals surface area contributed by atoms with E-state index in [1.807, 2.05) is 0 Å². The normalized spacial score (nSPS) is 10.1. The molecule has 0 aromatic heterocycles. The number of carbonyl (C=O) groups is 1. The summed E-state index contributed by atoms with van der Waals surface area (Å²) >= 11 is 0. The topological polar surface area (TPSA) is 46.2 Å². The summed E-state index contributed by atoms with van der Waals surface area (Å²) in [6.07, 6.45) is 6.12. The van der Waals surface area contributed by atoms with Crippen molar-refractivity contribution in [1.82, 2.24) is 0 Å². The first-order chi connectivity index (χ1) is 6.81. The molecule has 14 heavy (non-hydrogen) atoms. The first kappa shape index (κ1) is 13.4. The molecule has 0 aromatic rings. The molecule has 0 amide bonds. The lowest BCUT2D eigenvalue weighted by molar-refractivity contribution is -0.143. The second kappa shape index (κ2) is 10.5. The van der Waals surface area contributed by atoms with E-state index in [0.29, 0.717) is 25.9 Å². The van der Waals surface area contributed by atoms with Crippen molar-refractivity contribution in [2.45, 2.75) is 51.9 Å². The van der Waals surface area contributed by atoms with Gasteiger partial charge in [0.05, 0.1) is 13.2 Å². The van der Waals surface area contributed by atoms with Crippen molar-refractivity contribution in [1.29, 1.82) is 0 Å². The van der Waals surface area contributed by atoms with Crippen LogP contribution < -0.4 is 0 Å². The predicted molar refractivity (Wildman–Crippen MR) is 54.5 cm³/mol. The summed E-state index contributed by atoms with van der Waals surface area (Å²) < 4.78 is 4.99. The van der Waals surface area contributed by atoms with Crippen LogP contribution in [0.4, 0.5) is 0 Å². The van der Waals surface area contributed by atoms with Crippen LogP contribution in [-0.4, -0.2) is 19.2 Å². The van der Waals surface area contributed by atoms with Crippen molar-refractivity contribution in [3.63, 3.8) is 0 Å². The van der Waals surface area contributed by atoms with E-state index in [2.05, 4.69) is 6.92 Å². The maximum absolute atomic E-state index is 11.0. The predicted octanol–water partition coefficient (Wildman–Crippen LogP) is 2.71. The fourth-order valence-corrected chi connectivity index (χ4v) is 1.16. The highest BCUT2D eigenvalue weighted by atomic mass is 16.5. The standard InChI is InChI=1S/C11H21O3/c1-2-3-4-7-10-14-11(13)8-5-6-9-12/h2-10H2,1H3. The third-order valence-corrected chi connectivity index (χ3v) is 2.04. The minimum atomic E-state index is -0.157. The zero-order valence-corrected chi connectivity index (χ0v) is 9.09. The molecule has 0 spiro atoms. The van der Waals surface area contributed by atoms with E-state index in [0.717, 1.165) is 12.8 Å². The molecule has 0 fully saturated rings. The Morgan fingerprint density at radius 3 is 2.50 bits per heavy atom. The molecule has 0 aliphatic rings. The number of unbranched alkanes of at least 4 members (excludes halogenated alkanes) is 4. The molecule has 1 radical (unpaired) electrons. The molecular formula is C11H21O3. The van der Waals surface area contributed by atoms with E-state index in [9.17, 15) is 9.90 Å². The maximum atomic E-state index is 11.0. The van der Waals surface area contributed by atoms with Gasteiger partial charge in [0.25, 0.3) is 0 Å². The second-order valence-corrected chi connectivity index (χ2v) is 3.44. The smallest absolute Gasteiger partial charge is 0.305 e. The average Bonchev–Trinajstić information content (AvgIpc) is 2.18. The Hall–Kier alpha value is -0.570. The fraction of sp³-hybridized carbons (Fsp3) is 0.909. The zero-order chi connectivity index (χ0) is 10.6. The monoisotopic (exact) mass is 201 g/mol. The number of hydrogen-bond acceptors (Lipinski definition) is 2. The minimum absolute atomic E-state index is 0.0935. The van der Waals surface area contributed by atoms with Crippen LogP contribution in [-0.2, 0) is 14.6 Å². The summed E-state index contributed by atoms with van der Waals surface area (Å²) in [6, 6.07) is 0. The number of rotatable bonds is 9. The maximum Gasteiger partial charge on any atom is 0.305 e. The highest BCUT2D eigenvalue weighted by Gasteiger charge is 2.01. The largest absolute Gasteiger partial charge is 0.466 e. The molecule has 0 aromatic carbocycles. The molecular weight excluding hydrogens is 180 g/mol. The van der Waals surface area contributed by atoms with Gasteiger partial charge in [0, 0.05) is 6.42 Å². The summed E-state index contributed by atoms with van der Waals surface area (Å²) in [5.41, 5.74) is 0. The first-order valence-corrected chi connectivity index (χ1v) is 5.55. The van der Waals surface area contributed by atoms with Gasteiger partial charge in [-0.2, -0.15) is 0 Å². The Balaban J connectivity index is 3.10. The van der Waals surface area contributed by atoms with Crippen molar-refractivity contribution in [3.8, 4) is 0 Å². The van der Waals surface area contributed by atoms with Crippen LogP contribution in [0.25, 0.3) is 0 Å². The molecule has 0 saturated heterocycles. The Morgan fingerprint density at radius 1 is 1.07 bits per heavy atom. The molecule has 0 rings (SSSR count). The van der Waals surface area contributed by atoms with Crippen molar-refractivity contribution in [3.05, 3.63) is 0 Å². The molecule has 0 aliphatic heterocycles. The molecule has 0 bridgehead atoms. The van der Waals surface area contributed by atoms with Gasteiger partial charge < -0.3 is 4.74 Å². The van der Waals surface area contributed by atoms with E-state index >= 15 is 0 Å². The van der Waals surface area contributed by atoms with E-state index < -0.39 is 0 Å². The Labute approximate surface area is 86.5 Å². The summed E-state index contributed by atoms with van der Waals surface area (Å²) in [6.45, 7) is 2.59. The highest BCUT2D eigenvalue weighted by Crippen LogP contribution is 2.01. The van der Waals surface area contributed by atoms with Gasteiger partial charge in [-0.25, -0.2) is 5.11 Å². The lowest BCUT2D eigenvalue weighted by Crippen LogP contribution is -2.05.